The third-order valence-corrected chi connectivity index (χ3v) is 4.74. The van der Waals surface area contributed by atoms with Gasteiger partial charge in [-0.3, -0.25) is 15.7 Å². The Morgan fingerprint density at radius 2 is 2.07 bits per heavy atom. The number of aliphatic hydroxyl groups is 1. The Kier molecular flexibility index (Phi) is 6.89. The van der Waals surface area contributed by atoms with Gasteiger partial charge in [0.15, 0.2) is 5.82 Å². The van der Waals surface area contributed by atoms with Gasteiger partial charge in [-0.25, -0.2) is 4.79 Å². The van der Waals surface area contributed by atoms with Crippen molar-refractivity contribution in [1.29, 1.82) is 0 Å². The molecule has 29 heavy (non-hydrogen) atoms. The molecular formula is C21H30N4O4. The zero-order valence-electron chi connectivity index (χ0n) is 17.1. The average molecular weight is 402 g/mol. The number of anilines is 1. The van der Waals surface area contributed by atoms with Crippen molar-refractivity contribution in [2.75, 3.05) is 5.32 Å². The predicted molar refractivity (Wildman–Crippen MR) is 109 cm³/mol. The summed E-state index contributed by atoms with van der Waals surface area (Å²) < 4.78 is 10.9. The Labute approximate surface area is 171 Å². The molecule has 1 aliphatic rings. The topological polar surface area (TPSA) is 108 Å². The number of nitrogens with one attached hydrogen (secondary N) is 3. The van der Waals surface area contributed by atoms with Crippen LogP contribution in [0.2, 0.25) is 0 Å². The first-order valence-corrected chi connectivity index (χ1v) is 9.93. The highest BCUT2D eigenvalue weighted by atomic mass is 16.6. The van der Waals surface area contributed by atoms with Crippen LogP contribution in [0.15, 0.2) is 36.4 Å². The first-order valence-electron chi connectivity index (χ1n) is 9.93. The van der Waals surface area contributed by atoms with Gasteiger partial charge >= 0.3 is 6.09 Å². The Balaban J connectivity index is 1.44. The Morgan fingerprint density at radius 1 is 1.31 bits per heavy atom. The Morgan fingerprint density at radius 3 is 2.79 bits per heavy atom. The molecule has 1 heterocycles. The molecule has 1 aromatic heterocycles. The summed E-state index contributed by atoms with van der Waals surface area (Å²) in [4.78, 5) is 12.0. The van der Waals surface area contributed by atoms with Crippen molar-refractivity contribution in [3.05, 3.63) is 47.7 Å². The molecule has 8 nitrogen and oxygen atoms in total. The number of H-pyrrole nitrogens is 1. The molecule has 0 radical (unpaired) electrons. The second kappa shape index (κ2) is 9.39. The van der Waals surface area contributed by atoms with Gasteiger partial charge in [-0.1, -0.05) is 30.3 Å². The largest absolute Gasteiger partial charge is 0.444 e. The minimum absolute atomic E-state index is 0.0274. The van der Waals surface area contributed by atoms with Crippen LogP contribution in [0, 0.1) is 0 Å². The second-order valence-electron chi connectivity index (χ2n) is 8.41. The number of rotatable bonds is 7. The van der Waals surface area contributed by atoms with Crippen molar-refractivity contribution in [3.8, 4) is 0 Å². The van der Waals surface area contributed by atoms with Gasteiger partial charge in [-0.2, -0.15) is 5.10 Å². The van der Waals surface area contributed by atoms with E-state index in [9.17, 15) is 9.90 Å². The fourth-order valence-corrected chi connectivity index (χ4v) is 3.41. The second-order valence-corrected chi connectivity index (χ2v) is 8.41. The lowest BCUT2D eigenvalue weighted by molar-refractivity contribution is -0.161. The first-order chi connectivity index (χ1) is 13.8. The molecule has 158 valence electrons. The van der Waals surface area contributed by atoms with E-state index in [4.69, 9.17) is 9.47 Å². The molecule has 1 aliphatic carbocycles. The van der Waals surface area contributed by atoms with Crippen LogP contribution in [0.25, 0.3) is 0 Å². The van der Waals surface area contributed by atoms with Crippen molar-refractivity contribution in [3.63, 3.8) is 0 Å². The van der Waals surface area contributed by atoms with Crippen molar-refractivity contribution in [2.45, 2.75) is 70.6 Å². The van der Waals surface area contributed by atoms with Gasteiger partial charge in [0, 0.05) is 23.2 Å². The van der Waals surface area contributed by atoms with Crippen molar-refractivity contribution < 1.29 is 19.4 Å². The molecule has 0 bridgehead atoms. The molecule has 0 saturated heterocycles. The minimum Gasteiger partial charge on any atom is -0.444 e. The first kappa shape index (κ1) is 21.3. The van der Waals surface area contributed by atoms with E-state index >= 15 is 0 Å². The number of ether oxygens (including phenoxy) is 2. The van der Waals surface area contributed by atoms with Crippen LogP contribution in [0.5, 0.6) is 0 Å². The molecule has 2 aromatic rings. The van der Waals surface area contributed by atoms with Gasteiger partial charge in [-0.05, 0) is 45.6 Å². The van der Waals surface area contributed by atoms with E-state index in [0.29, 0.717) is 5.82 Å². The lowest BCUT2D eigenvalue weighted by Gasteiger charge is -2.26. The number of amides is 1. The molecule has 1 fully saturated rings. The maximum atomic E-state index is 12.0. The van der Waals surface area contributed by atoms with E-state index in [1.54, 1.807) is 0 Å². The van der Waals surface area contributed by atoms with Crippen LogP contribution in [0.4, 0.5) is 10.6 Å². The van der Waals surface area contributed by atoms with Gasteiger partial charge in [0.05, 0.1) is 6.10 Å². The van der Waals surface area contributed by atoms with E-state index in [1.165, 1.54) is 0 Å². The fourth-order valence-electron chi connectivity index (χ4n) is 3.41. The molecule has 4 N–H and O–H groups in total. The number of aromatic amines is 1. The number of nitrogens with zero attached hydrogens (tertiary/aromatic N) is 1. The summed E-state index contributed by atoms with van der Waals surface area (Å²) in [6, 6.07) is 11.3. The molecule has 1 unspecified atom stereocenters. The quantitative estimate of drug-likeness (QED) is 0.528. The molecule has 0 aliphatic heterocycles. The van der Waals surface area contributed by atoms with E-state index in [1.807, 2.05) is 57.2 Å². The maximum Gasteiger partial charge on any atom is 0.413 e. The molecule has 0 spiro atoms. The van der Waals surface area contributed by atoms with Gasteiger partial charge in [-0.15, -0.1) is 0 Å². The van der Waals surface area contributed by atoms with Crippen LogP contribution in [0.1, 0.15) is 57.2 Å². The molecule has 3 atom stereocenters. The number of aromatic nitrogens is 2. The number of carbonyl (C=O) groups is 1. The lowest BCUT2D eigenvalue weighted by atomic mass is 10.0. The van der Waals surface area contributed by atoms with Crippen LogP contribution < -0.4 is 10.6 Å². The molecule has 8 heteroatoms. The summed E-state index contributed by atoms with van der Waals surface area (Å²) in [6.07, 6.45) is 0.998. The highest BCUT2D eigenvalue weighted by Crippen LogP contribution is 2.36. The molecule has 1 amide bonds. The number of hydrogen-bond acceptors (Lipinski definition) is 6. The van der Waals surface area contributed by atoms with Crippen molar-refractivity contribution in [1.82, 2.24) is 15.5 Å². The van der Waals surface area contributed by atoms with Crippen molar-refractivity contribution in [2.24, 2.45) is 0 Å². The Hall–Kier alpha value is -2.42. The molecule has 1 saturated carbocycles. The van der Waals surface area contributed by atoms with Crippen molar-refractivity contribution >= 4 is 11.9 Å². The van der Waals surface area contributed by atoms with Crippen LogP contribution in [0.3, 0.4) is 0 Å². The van der Waals surface area contributed by atoms with Gasteiger partial charge < -0.3 is 14.6 Å². The Bertz CT molecular complexity index is 787. The molecule has 1 aromatic carbocycles. The smallest absolute Gasteiger partial charge is 0.413 e. The lowest BCUT2D eigenvalue weighted by Crippen LogP contribution is -2.46. The van der Waals surface area contributed by atoms with Gasteiger partial charge in [0.1, 0.15) is 6.61 Å². The summed E-state index contributed by atoms with van der Waals surface area (Å²) in [6.45, 7) is 6.12. The monoisotopic (exact) mass is 402 g/mol. The number of carbonyl (C=O) groups excluding carboxylic acids is 1. The minimum atomic E-state index is -0.989. The standard InChI is InChI=1S/C21H30N4O4/c1-21(2,3)23-20(27)29-16-10-9-15(11-16)17-12-18(25-24-17)22-19(26)28-13-14-7-5-4-6-8-14/h4-8,12,15-16,20,23,27H,9-11,13H2,1-3H3,(H2,22,24,25,26)/t15-,16+,20?/m0/s1. The highest BCUT2D eigenvalue weighted by molar-refractivity contribution is 5.83. The zero-order chi connectivity index (χ0) is 20.9. The van der Waals surface area contributed by atoms with E-state index in [-0.39, 0.29) is 24.2 Å². The maximum absolute atomic E-state index is 12.0. The summed E-state index contributed by atoms with van der Waals surface area (Å²) in [7, 11) is 0. The number of benzene rings is 1. The van der Waals surface area contributed by atoms with Crippen LogP contribution >= 0.6 is 0 Å². The molecular weight excluding hydrogens is 372 g/mol. The van der Waals surface area contributed by atoms with Gasteiger partial charge in [0.25, 0.3) is 0 Å². The van der Waals surface area contributed by atoms with Gasteiger partial charge in [0.2, 0.25) is 6.41 Å². The average Bonchev–Trinajstić information content (AvgIpc) is 3.28. The zero-order valence-corrected chi connectivity index (χ0v) is 17.1. The number of aliphatic hydroxyl groups excluding tert-OH is 1. The van der Waals surface area contributed by atoms with Crippen LogP contribution in [-0.2, 0) is 16.1 Å². The SMILES string of the molecule is CC(C)(C)NC(O)O[C@@H]1CC[C@H](c2cc(NC(=O)OCc3ccccc3)n[nH]2)C1. The summed E-state index contributed by atoms with van der Waals surface area (Å²) in [5.74, 6) is 0.669. The normalized spacial score (nSPS) is 20.4. The van der Waals surface area contributed by atoms with E-state index in [0.717, 1.165) is 30.5 Å². The van der Waals surface area contributed by atoms with Crippen LogP contribution in [-0.4, -0.2) is 39.5 Å². The van der Waals surface area contributed by atoms with E-state index in [2.05, 4.69) is 20.8 Å². The predicted octanol–water partition coefficient (Wildman–Crippen LogP) is 3.48. The third kappa shape index (κ3) is 6.85. The highest BCUT2D eigenvalue weighted by Gasteiger charge is 2.30. The third-order valence-electron chi connectivity index (χ3n) is 4.74. The van der Waals surface area contributed by atoms with E-state index < -0.39 is 12.5 Å². The summed E-state index contributed by atoms with van der Waals surface area (Å²) in [5.41, 5.74) is 1.63. The molecule has 3 rings (SSSR count). The fraction of sp³-hybridized carbons (Fsp3) is 0.524. The summed E-state index contributed by atoms with van der Waals surface area (Å²) in [5, 5.41) is 22.8. The number of hydrogen-bond donors (Lipinski definition) is 4. The summed E-state index contributed by atoms with van der Waals surface area (Å²) >= 11 is 0.